The first kappa shape index (κ1) is 12.8. The molecule has 0 aromatic carbocycles. The minimum absolute atomic E-state index is 0.0325. The molecule has 96 valence electrons. The number of hydrogen-bond donors (Lipinski definition) is 1. The van der Waals surface area contributed by atoms with E-state index in [1.165, 1.54) is 5.57 Å². The molecule has 2 heteroatoms. The van der Waals surface area contributed by atoms with Crippen LogP contribution in [0.2, 0.25) is 0 Å². The third kappa shape index (κ3) is 1.69. The van der Waals surface area contributed by atoms with E-state index in [9.17, 15) is 9.90 Å². The predicted octanol–water partition coefficient (Wildman–Crippen LogP) is 3.10. The lowest BCUT2D eigenvalue weighted by Gasteiger charge is -2.38. The summed E-state index contributed by atoms with van der Waals surface area (Å²) in [4.78, 5) is 12.1. The van der Waals surface area contributed by atoms with Gasteiger partial charge >= 0.3 is 0 Å². The Bertz CT molecular complexity index is 354. The van der Waals surface area contributed by atoms with E-state index >= 15 is 0 Å². The van der Waals surface area contributed by atoms with Crippen molar-refractivity contribution in [2.75, 3.05) is 6.61 Å². The van der Waals surface area contributed by atoms with E-state index in [-0.39, 0.29) is 12.0 Å². The first-order valence-corrected chi connectivity index (χ1v) is 6.74. The van der Waals surface area contributed by atoms with Crippen molar-refractivity contribution in [2.45, 2.75) is 52.9 Å². The maximum absolute atomic E-state index is 12.1. The fourth-order valence-electron chi connectivity index (χ4n) is 4.07. The number of rotatable bonds is 4. The van der Waals surface area contributed by atoms with Crippen LogP contribution >= 0.6 is 0 Å². The third-order valence-electron chi connectivity index (χ3n) is 5.37. The quantitative estimate of drug-likeness (QED) is 0.762. The molecule has 2 aliphatic carbocycles. The largest absolute Gasteiger partial charge is 0.395 e. The Labute approximate surface area is 104 Å². The first-order chi connectivity index (χ1) is 7.96. The van der Waals surface area contributed by atoms with Crippen molar-refractivity contribution in [1.82, 2.24) is 0 Å². The lowest BCUT2D eigenvalue weighted by atomic mass is 9.65. The lowest BCUT2D eigenvalue weighted by Crippen LogP contribution is -2.41. The van der Waals surface area contributed by atoms with E-state index in [4.69, 9.17) is 0 Å². The number of allylic oxidation sites excluding steroid dienone is 2. The van der Waals surface area contributed by atoms with Crippen LogP contribution in [0, 0.1) is 16.7 Å². The van der Waals surface area contributed by atoms with Crippen molar-refractivity contribution in [2.24, 2.45) is 16.7 Å². The summed E-state index contributed by atoms with van der Waals surface area (Å²) < 4.78 is 0. The van der Waals surface area contributed by atoms with Gasteiger partial charge in [0, 0.05) is 6.42 Å². The molecule has 17 heavy (non-hydrogen) atoms. The number of carbonyl (C=O) groups excluding carboxylic acids is 1. The van der Waals surface area contributed by atoms with E-state index in [1.54, 1.807) is 0 Å². The minimum atomic E-state index is -0.410. The zero-order chi connectivity index (χ0) is 12.7. The summed E-state index contributed by atoms with van der Waals surface area (Å²) >= 11 is 0. The summed E-state index contributed by atoms with van der Waals surface area (Å²) in [5.41, 5.74) is 0.959. The highest BCUT2D eigenvalue weighted by Crippen LogP contribution is 2.65. The fraction of sp³-hybridized carbons (Fsp3) is 0.800. The molecule has 2 rings (SSSR count). The van der Waals surface area contributed by atoms with Gasteiger partial charge in [-0.1, -0.05) is 18.6 Å². The van der Waals surface area contributed by atoms with Gasteiger partial charge in [-0.05, 0) is 50.9 Å². The number of aliphatic hydroxyl groups excluding tert-OH is 1. The molecule has 0 radical (unpaired) electrons. The third-order valence-corrected chi connectivity index (χ3v) is 5.37. The SMILES string of the molecule is CC(C)=CCCC1(C)C2CCC1(CO)C(=O)C2. The van der Waals surface area contributed by atoms with E-state index in [0.717, 1.165) is 25.7 Å². The van der Waals surface area contributed by atoms with Gasteiger partial charge in [0.2, 0.25) is 0 Å². The number of ketones is 1. The second-order valence-corrected chi connectivity index (χ2v) is 6.34. The normalized spacial score (nSPS) is 39.8. The Balaban J connectivity index is 2.19. The lowest BCUT2D eigenvalue weighted by molar-refractivity contribution is -0.132. The summed E-state index contributed by atoms with van der Waals surface area (Å²) in [5, 5.41) is 9.72. The van der Waals surface area contributed by atoms with Crippen LogP contribution in [0.5, 0.6) is 0 Å². The summed E-state index contributed by atoms with van der Waals surface area (Å²) in [5.74, 6) is 0.823. The van der Waals surface area contributed by atoms with Gasteiger partial charge in [-0.25, -0.2) is 0 Å². The molecule has 0 spiro atoms. The maximum Gasteiger partial charge on any atom is 0.142 e. The van der Waals surface area contributed by atoms with Gasteiger partial charge in [0.25, 0.3) is 0 Å². The zero-order valence-corrected chi connectivity index (χ0v) is 11.3. The molecule has 2 bridgehead atoms. The average Bonchev–Trinajstić information content (AvgIpc) is 2.64. The Hall–Kier alpha value is -0.630. The van der Waals surface area contributed by atoms with Crippen molar-refractivity contribution < 1.29 is 9.90 Å². The van der Waals surface area contributed by atoms with Crippen molar-refractivity contribution in [3.63, 3.8) is 0 Å². The summed E-state index contributed by atoms with van der Waals surface area (Å²) in [6.45, 7) is 6.50. The molecule has 2 fully saturated rings. The van der Waals surface area contributed by atoms with Gasteiger partial charge in [0.15, 0.2) is 0 Å². The van der Waals surface area contributed by atoms with Gasteiger partial charge in [-0.2, -0.15) is 0 Å². The van der Waals surface area contributed by atoms with Crippen LogP contribution in [0.15, 0.2) is 11.6 Å². The molecule has 0 amide bonds. The second-order valence-electron chi connectivity index (χ2n) is 6.34. The molecular formula is C15H24O2. The molecule has 0 aromatic rings. The minimum Gasteiger partial charge on any atom is -0.395 e. The highest BCUT2D eigenvalue weighted by Gasteiger charge is 2.65. The molecule has 0 saturated heterocycles. The van der Waals surface area contributed by atoms with Gasteiger partial charge in [-0.15, -0.1) is 0 Å². The van der Waals surface area contributed by atoms with Crippen molar-refractivity contribution in [1.29, 1.82) is 0 Å². The molecule has 0 heterocycles. The van der Waals surface area contributed by atoms with E-state index in [0.29, 0.717) is 18.1 Å². The summed E-state index contributed by atoms with van der Waals surface area (Å²) in [6.07, 6.45) is 7.04. The Morgan fingerprint density at radius 3 is 2.76 bits per heavy atom. The Kier molecular flexibility index (Phi) is 3.19. The van der Waals surface area contributed by atoms with Crippen LogP contribution in [-0.4, -0.2) is 17.5 Å². The molecule has 2 saturated carbocycles. The van der Waals surface area contributed by atoms with Crippen LogP contribution in [0.3, 0.4) is 0 Å². The molecule has 2 aliphatic rings. The van der Waals surface area contributed by atoms with Crippen LogP contribution in [0.25, 0.3) is 0 Å². The summed E-state index contributed by atoms with van der Waals surface area (Å²) in [6, 6.07) is 0. The predicted molar refractivity (Wildman–Crippen MR) is 68.6 cm³/mol. The highest BCUT2D eigenvalue weighted by molar-refractivity contribution is 5.89. The average molecular weight is 236 g/mol. The molecule has 2 nitrogen and oxygen atoms in total. The van der Waals surface area contributed by atoms with Gasteiger partial charge < -0.3 is 5.11 Å². The molecule has 3 atom stereocenters. The number of hydrogen-bond acceptors (Lipinski definition) is 2. The maximum atomic E-state index is 12.1. The monoisotopic (exact) mass is 236 g/mol. The van der Waals surface area contributed by atoms with Gasteiger partial charge in [-0.3, -0.25) is 4.79 Å². The molecular weight excluding hydrogens is 212 g/mol. The second kappa shape index (κ2) is 4.24. The zero-order valence-electron chi connectivity index (χ0n) is 11.3. The van der Waals surface area contributed by atoms with Gasteiger partial charge in [0.05, 0.1) is 12.0 Å². The van der Waals surface area contributed by atoms with Crippen LogP contribution in [0.1, 0.15) is 52.9 Å². The highest BCUT2D eigenvalue weighted by atomic mass is 16.3. The fourth-order valence-corrected chi connectivity index (χ4v) is 4.07. The molecule has 0 aliphatic heterocycles. The molecule has 1 N–H and O–H groups in total. The van der Waals surface area contributed by atoms with E-state index in [1.807, 2.05) is 0 Å². The summed E-state index contributed by atoms with van der Waals surface area (Å²) in [7, 11) is 0. The number of Topliss-reactive ketones (excluding diaryl/α,β-unsaturated/α-hetero) is 1. The van der Waals surface area contributed by atoms with Crippen LogP contribution < -0.4 is 0 Å². The van der Waals surface area contributed by atoms with Crippen LogP contribution in [-0.2, 0) is 4.79 Å². The van der Waals surface area contributed by atoms with Crippen molar-refractivity contribution >= 4 is 5.78 Å². The number of aliphatic hydroxyl groups is 1. The van der Waals surface area contributed by atoms with Crippen LogP contribution in [0.4, 0.5) is 0 Å². The van der Waals surface area contributed by atoms with Crippen molar-refractivity contribution in [3.05, 3.63) is 11.6 Å². The van der Waals surface area contributed by atoms with Crippen molar-refractivity contribution in [3.8, 4) is 0 Å². The van der Waals surface area contributed by atoms with E-state index < -0.39 is 5.41 Å². The number of carbonyl (C=O) groups is 1. The van der Waals surface area contributed by atoms with E-state index in [2.05, 4.69) is 26.8 Å². The Morgan fingerprint density at radius 2 is 2.24 bits per heavy atom. The molecule has 0 aromatic heterocycles. The standard InChI is InChI=1S/C15H24O2/c1-11(2)5-4-7-14(3)12-6-8-15(14,10-16)13(17)9-12/h5,12,16H,4,6-10H2,1-3H3. The van der Waals surface area contributed by atoms with Gasteiger partial charge in [0.1, 0.15) is 5.78 Å². The number of fused-ring (bicyclic) bond motifs is 2. The smallest absolute Gasteiger partial charge is 0.142 e. The first-order valence-electron chi connectivity index (χ1n) is 6.74. The molecule has 3 unspecified atom stereocenters. The topological polar surface area (TPSA) is 37.3 Å². The Morgan fingerprint density at radius 1 is 1.53 bits per heavy atom.